The Hall–Kier alpha value is -2.62. The van der Waals surface area contributed by atoms with E-state index in [4.69, 9.17) is 4.99 Å². The highest BCUT2D eigenvalue weighted by molar-refractivity contribution is 6.31. The summed E-state index contributed by atoms with van der Waals surface area (Å²) in [5.41, 5.74) is 5.05. The maximum atomic E-state index is 4.70. The van der Waals surface area contributed by atoms with Gasteiger partial charge in [0.25, 0.3) is 0 Å². The molecule has 0 aromatic heterocycles. The second-order valence-corrected chi connectivity index (χ2v) is 6.91. The van der Waals surface area contributed by atoms with Crippen LogP contribution in [0, 0.1) is 0 Å². The van der Waals surface area contributed by atoms with E-state index < -0.39 is 0 Å². The van der Waals surface area contributed by atoms with Gasteiger partial charge in [-0.05, 0) is 82.6 Å². The fourth-order valence-electron chi connectivity index (χ4n) is 2.46. The van der Waals surface area contributed by atoms with Crippen LogP contribution >= 0.6 is 0 Å². The van der Waals surface area contributed by atoms with Crippen LogP contribution in [0.4, 0.5) is 22.7 Å². The maximum absolute atomic E-state index is 4.70. The first kappa shape index (κ1) is 19.7. The third-order valence-electron chi connectivity index (χ3n) is 3.64. The van der Waals surface area contributed by atoms with E-state index in [1.165, 1.54) is 0 Å². The highest BCUT2D eigenvalue weighted by Crippen LogP contribution is 2.19. The van der Waals surface area contributed by atoms with Gasteiger partial charge >= 0.3 is 0 Å². The molecule has 0 aliphatic heterocycles. The molecule has 0 aliphatic rings. The van der Waals surface area contributed by atoms with Gasteiger partial charge in [0.15, 0.2) is 0 Å². The molecule has 4 nitrogen and oxygen atoms in total. The topological polar surface area (TPSA) is 48.8 Å². The van der Waals surface area contributed by atoms with E-state index in [2.05, 4.69) is 74.5 Å². The zero-order valence-electron chi connectivity index (χ0n) is 16.5. The summed E-state index contributed by atoms with van der Waals surface area (Å²) in [6, 6.07) is 17.2. The second-order valence-electron chi connectivity index (χ2n) is 6.91. The van der Waals surface area contributed by atoms with Gasteiger partial charge in [-0.15, -0.1) is 0 Å². The van der Waals surface area contributed by atoms with Crippen LogP contribution in [0.5, 0.6) is 0 Å². The molecule has 26 heavy (non-hydrogen) atoms. The largest absolute Gasteiger partial charge is 0.383 e. The van der Waals surface area contributed by atoms with E-state index in [0.717, 1.165) is 34.9 Å². The Kier molecular flexibility index (Phi) is 7.39. The standard InChI is InChI=1S/C22H30N4/c1-6-18(26-22-13-11-21(12-14-22)25-17(4)5)15-23-19-7-9-20(10-8-19)24-16(2)3/h7-17,24-25H,6H2,1-5H3. The number of aliphatic imine (C=N–C) groups is 2. The Morgan fingerprint density at radius 3 is 1.69 bits per heavy atom. The van der Waals surface area contributed by atoms with Crippen molar-refractivity contribution in [2.75, 3.05) is 10.6 Å². The fourth-order valence-corrected chi connectivity index (χ4v) is 2.46. The molecule has 0 unspecified atom stereocenters. The van der Waals surface area contributed by atoms with Gasteiger partial charge < -0.3 is 10.6 Å². The minimum absolute atomic E-state index is 0.421. The molecule has 0 spiro atoms. The first-order valence-corrected chi connectivity index (χ1v) is 9.31. The Bertz CT molecular complexity index is 726. The number of hydrogen-bond donors (Lipinski definition) is 2. The van der Waals surface area contributed by atoms with E-state index in [1.54, 1.807) is 0 Å². The van der Waals surface area contributed by atoms with Gasteiger partial charge in [-0.3, -0.25) is 9.98 Å². The van der Waals surface area contributed by atoms with Gasteiger partial charge in [-0.1, -0.05) is 6.92 Å². The molecule has 0 atom stereocenters. The highest BCUT2D eigenvalue weighted by atomic mass is 14.9. The van der Waals surface area contributed by atoms with Crippen LogP contribution in [-0.2, 0) is 0 Å². The maximum Gasteiger partial charge on any atom is 0.0635 e. The molecule has 2 N–H and O–H groups in total. The summed E-state index contributed by atoms with van der Waals surface area (Å²) in [7, 11) is 0. The summed E-state index contributed by atoms with van der Waals surface area (Å²) in [6.07, 6.45) is 2.69. The third kappa shape index (κ3) is 6.71. The summed E-state index contributed by atoms with van der Waals surface area (Å²) in [6.45, 7) is 10.6. The van der Waals surface area contributed by atoms with Crippen molar-refractivity contribution in [3.63, 3.8) is 0 Å². The molecule has 2 aromatic rings. The molecule has 0 aliphatic carbocycles. The normalized spacial score (nSPS) is 12.2. The minimum atomic E-state index is 0.421. The van der Waals surface area contributed by atoms with Crippen molar-refractivity contribution in [2.24, 2.45) is 9.98 Å². The molecule has 0 amide bonds. The van der Waals surface area contributed by atoms with E-state index in [9.17, 15) is 0 Å². The monoisotopic (exact) mass is 350 g/mol. The molecule has 0 fully saturated rings. The van der Waals surface area contributed by atoms with E-state index >= 15 is 0 Å². The van der Waals surface area contributed by atoms with Crippen LogP contribution in [0.15, 0.2) is 58.5 Å². The van der Waals surface area contributed by atoms with Gasteiger partial charge in [0.05, 0.1) is 17.1 Å². The molecule has 0 saturated carbocycles. The molecule has 138 valence electrons. The summed E-state index contributed by atoms with van der Waals surface area (Å²) in [4.78, 5) is 9.25. The smallest absolute Gasteiger partial charge is 0.0635 e. The number of anilines is 2. The highest BCUT2D eigenvalue weighted by Gasteiger charge is 1.98. The Balaban J connectivity index is 2.05. The quantitative estimate of drug-likeness (QED) is 0.556. The van der Waals surface area contributed by atoms with Crippen molar-refractivity contribution < 1.29 is 0 Å². The van der Waals surface area contributed by atoms with Crippen LogP contribution in [-0.4, -0.2) is 24.0 Å². The number of rotatable bonds is 8. The lowest BCUT2D eigenvalue weighted by molar-refractivity contribution is 0.899. The summed E-state index contributed by atoms with van der Waals surface area (Å²) < 4.78 is 0. The van der Waals surface area contributed by atoms with E-state index in [1.807, 2.05) is 30.5 Å². The molecule has 0 radical (unpaired) electrons. The Morgan fingerprint density at radius 1 is 0.808 bits per heavy atom. The molecule has 0 saturated heterocycles. The summed E-state index contributed by atoms with van der Waals surface area (Å²) in [5.74, 6) is 0. The average Bonchev–Trinajstić information content (AvgIpc) is 2.60. The lowest BCUT2D eigenvalue weighted by Gasteiger charge is -2.09. The van der Waals surface area contributed by atoms with E-state index in [-0.39, 0.29) is 0 Å². The zero-order chi connectivity index (χ0) is 18.9. The van der Waals surface area contributed by atoms with Crippen molar-refractivity contribution in [1.29, 1.82) is 0 Å². The van der Waals surface area contributed by atoms with Crippen LogP contribution in [0.25, 0.3) is 0 Å². The van der Waals surface area contributed by atoms with E-state index in [0.29, 0.717) is 12.1 Å². The van der Waals surface area contributed by atoms with Gasteiger partial charge in [0.1, 0.15) is 0 Å². The Labute approximate surface area is 157 Å². The number of nitrogens with one attached hydrogen (secondary N) is 2. The van der Waals surface area contributed by atoms with Crippen LogP contribution in [0.1, 0.15) is 41.0 Å². The molecular weight excluding hydrogens is 320 g/mol. The van der Waals surface area contributed by atoms with Crippen molar-refractivity contribution in [1.82, 2.24) is 0 Å². The second kappa shape index (κ2) is 9.76. The van der Waals surface area contributed by atoms with Gasteiger partial charge in [0, 0.05) is 29.7 Å². The molecule has 2 aromatic carbocycles. The molecule has 0 bridgehead atoms. The van der Waals surface area contributed by atoms with Crippen LogP contribution < -0.4 is 10.6 Å². The van der Waals surface area contributed by atoms with Crippen LogP contribution in [0.2, 0.25) is 0 Å². The van der Waals surface area contributed by atoms with Gasteiger partial charge in [-0.25, -0.2) is 0 Å². The first-order valence-electron chi connectivity index (χ1n) is 9.31. The lowest BCUT2D eigenvalue weighted by Crippen LogP contribution is -2.09. The van der Waals surface area contributed by atoms with Crippen molar-refractivity contribution >= 4 is 34.7 Å². The van der Waals surface area contributed by atoms with Gasteiger partial charge in [-0.2, -0.15) is 0 Å². The first-order chi connectivity index (χ1) is 12.5. The molecule has 4 heteroatoms. The lowest BCUT2D eigenvalue weighted by atomic mass is 10.2. The molecule has 0 heterocycles. The SMILES string of the molecule is CCC(C=Nc1ccc(NC(C)C)cc1)=Nc1ccc(NC(C)C)cc1. The predicted molar refractivity (Wildman–Crippen MR) is 116 cm³/mol. The fraction of sp³-hybridized carbons (Fsp3) is 0.364. The number of hydrogen-bond acceptors (Lipinski definition) is 4. The molecule has 2 rings (SSSR count). The minimum Gasteiger partial charge on any atom is -0.383 e. The average molecular weight is 351 g/mol. The van der Waals surface area contributed by atoms with Crippen molar-refractivity contribution in [3.8, 4) is 0 Å². The molecular formula is C22H30N4. The third-order valence-corrected chi connectivity index (χ3v) is 3.64. The summed E-state index contributed by atoms with van der Waals surface area (Å²) >= 11 is 0. The van der Waals surface area contributed by atoms with Gasteiger partial charge in [0.2, 0.25) is 0 Å². The zero-order valence-corrected chi connectivity index (χ0v) is 16.5. The predicted octanol–water partition coefficient (Wildman–Crippen LogP) is 6.21. The Morgan fingerprint density at radius 2 is 1.27 bits per heavy atom. The van der Waals surface area contributed by atoms with Crippen molar-refractivity contribution in [3.05, 3.63) is 48.5 Å². The number of benzene rings is 2. The summed E-state index contributed by atoms with van der Waals surface area (Å²) in [5, 5.41) is 6.76. The van der Waals surface area contributed by atoms with Crippen LogP contribution in [0.3, 0.4) is 0 Å². The number of nitrogens with zero attached hydrogens (tertiary/aromatic N) is 2. The van der Waals surface area contributed by atoms with Crippen molar-refractivity contribution in [2.45, 2.75) is 53.1 Å².